The minimum Gasteiger partial charge on any atom is -0.383 e. The van der Waals surface area contributed by atoms with Gasteiger partial charge in [-0.25, -0.2) is 0 Å². The molecule has 106 valence electrons. The van der Waals surface area contributed by atoms with Crippen LogP contribution in [0.4, 0.5) is 17.5 Å². The summed E-state index contributed by atoms with van der Waals surface area (Å²) in [7, 11) is 1.66. The maximum absolute atomic E-state index is 4.97. The van der Waals surface area contributed by atoms with E-state index in [9.17, 15) is 0 Å². The number of aromatic nitrogens is 3. The summed E-state index contributed by atoms with van der Waals surface area (Å²) in [5, 5.41) is 14.2. The number of aryl methyl sites for hydroxylation is 2. The first-order valence-corrected chi connectivity index (χ1v) is 6.46. The molecule has 0 atom stereocenters. The molecule has 1 heterocycles. The van der Waals surface area contributed by atoms with Gasteiger partial charge in [0.15, 0.2) is 5.82 Å². The number of nitrogens with zero attached hydrogens (tertiary/aromatic N) is 3. The van der Waals surface area contributed by atoms with Crippen LogP contribution in [0.15, 0.2) is 24.4 Å². The van der Waals surface area contributed by atoms with E-state index in [-0.39, 0.29) is 0 Å². The molecule has 6 nitrogen and oxygen atoms in total. The molecule has 6 heteroatoms. The molecular formula is C14H19N5O. The van der Waals surface area contributed by atoms with E-state index in [0.29, 0.717) is 24.9 Å². The van der Waals surface area contributed by atoms with Crippen molar-refractivity contribution in [2.45, 2.75) is 13.8 Å². The highest BCUT2D eigenvalue weighted by atomic mass is 16.5. The molecule has 1 aromatic heterocycles. The van der Waals surface area contributed by atoms with Crippen molar-refractivity contribution in [3.63, 3.8) is 0 Å². The van der Waals surface area contributed by atoms with E-state index in [2.05, 4.69) is 38.8 Å². The number of hydrogen-bond donors (Lipinski definition) is 2. The molecule has 2 rings (SSSR count). The third-order valence-electron chi connectivity index (χ3n) is 2.80. The Hall–Kier alpha value is -2.21. The van der Waals surface area contributed by atoms with Gasteiger partial charge in [0.2, 0.25) is 5.95 Å². The Kier molecular flexibility index (Phi) is 4.84. The number of hydrogen-bond acceptors (Lipinski definition) is 6. The van der Waals surface area contributed by atoms with Crippen LogP contribution in [-0.4, -0.2) is 35.4 Å². The van der Waals surface area contributed by atoms with Gasteiger partial charge >= 0.3 is 0 Å². The van der Waals surface area contributed by atoms with E-state index < -0.39 is 0 Å². The minimum absolute atomic E-state index is 0.472. The molecule has 2 aromatic rings. The fraction of sp³-hybridized carbons (Fsp3) is 0.357. The zero-order chi connectivity index (χ0) is 14.4. The highest BCUT2D eigenvalue weighted by Gasteiger charge is 2.03. The Morgan fingerprint density at radius 3 is 2.85 bits per heavy atom. The van der Waals surface area contributed by atoms with Crippen LogP contribution in [0, 0.1) is 13.8 Å². The zero-order valence-corrected chi connectivity index (χ0v) is 12.0. The van der Waals surface area contributed by atoms with Gasteiger partial charge in [-0.1, -0.05) is 17.7 Å². The van der Waals surface area contributed by atoms with Crippen molar-refractivity contribution in [3.8, 4) is 0 Å². The van der Waals surface area contributed by atoms with Crippen LogP contribution >= 0.6 is 0 Å². The zero-order valence-electron chi connectivity index (χ0n) is 12.0. The second kappa shape index (κ2) is 6.81. The molecule has 0 saturated heterocycles. The van der Waals surface area contributed by atoms with E-state index in [1.54, 1.807) is 13.3 Å². The Morgan fingerprint density at radius 2 is 2.10 bits per heavy atom. The second-order valence-electron chi connectivity index (χ2n) is 4.53. The Labute approximate surface area is 118 Å². The molecule has 0 fully saturated rings. The first-order valence-electron chi connectivity index (χ1n) is 6.46. The lowest BCUT2D eigenvalue weighted by atomic mass is 10.1. The predicted molar refractivity (Wildman–Crippen MR) is 79.4 cm³/mol. The Bertz CT molecular complexity index is 573. The molecule has 1 aromatic carbocycles. The van der Waals surface area contributed by atoms with Crippen molar-refractivity contribution < 1.29 is 4.74 Å². The summed E-state index contributed by atoms with van der Waals surface area (Å²) in [5.41, 5.74) is 3.35. The van der Waals surface area contributed by atoms with Crippen LogP contribution in [0.2, 0.25) is 0 Å². The fourth-order valence-electron chi connectivity index (χ4n) is 1.80. The van der Waals surface area contributed by atoms with Gasteiger partial charge < -0.3 is 15.4 Å². The van der Waals surface area contributed by atoms with E-state index in [1.165, 1.54) is 5.56 Å². The van der Waals surface area contributed by atoms with E-state index in [1.807, 2.05) is 19.1 Å². The topological polar surface area (TPSA) is 72.0 Å². The maximum atomic E-state index is 4.97. The van der Waals surface area contributed by atoms with Gasteiger partial charge in [0, 0.05) is 19.3 Å². The van der Waals surface area contributed by atoms with Crippen LogP contribution in [0.5, 0.6) is 0 Å². The van der Waals surface area contributed by atoms with Crippen LogP contribution < -0.4 is 10.6 Å². The van der Waals surface area contributed by atoms with Gasteiger partial charge in [0.05, 0.1) is 12.8 Å². The minimum atomic E-state index is 0.472. The number of nitrogens with one attached hydrogen (secondary N) is 2. The van der Waals surface area contributed by atoms with Gasteiger partial charge in [0.1, 0.15) is 0 Å². The lowest BCUT2D eigenvalue weighted by molar-refractivity contribution is 0.210. The summed E-state index contributed by atoms with van der Waals surface area (Å²) < 4.78 is 4.97. The lowest BCUT2D eigenvalue weighted by Gasteiger charge is -2.09. The number of rotatable bonds is 6. The molecule has 20 heavy (non-hydrogen) atoms. The van der Waals surface area contributed by atoms with Crippen LogP contribution in [0.25, 0.3) is 0 Å². The Morgan fingerprint density at radius 1 is 1.25 bits per heavy atom. The van der Waals surface area contributed by atoms with Crippen LogP contribution in [0.1, 0.15) is 11.1 Å². The van der Waals surface area contributed by atoms with Crippen molar-refractivity contribution >= 4 is 17.5 Å². The summed E-state index contributed by atoms with van der Waals surface area (Å²) in [6.45, 7) is 5.40. The van der Waals surface area contributed by atoms with Gasteiger partial charge in [0.25, 0.3) is 0 Å². The molecule has 0 saturated carbocycles. The number of ether oxygens (including phenoxy) is 1. The van der Waals surface area contributed by atoms with Crippen molar-refractivity contribution in [2.75, 3.05) is 30.9 Å². The lowest BCUT2D eigenvalue weighted by Crippen LogP contribution is -2.10. The van der Waals surface area contributed by atoms with Crippen molar-refractivity contribution in [1.29, 1.82) is 0 Å². The van der Waals surface area contributed by atoms with Gasteiger partial charge in [-0.15, -0.1) is 5.10 Å². The summed E-state index contributed by atoms with van der Waals surface area (Å²) in [4.78, 5) is 4.35. The SMILES string of the molecule is COCCNc1cnnc(Nc2ccc(C)cc2C)n1. The third-order valence-corrected chi connectivity index (χ3v) is 2.80. The normalized spacial score (nSPS) is 10.3. The van der Waals surface area contributed by atoms with Gasteiger partial charge in [-0.2, -0.15) is 10.1 Å². The van der Waals surface area contributed by atoms with Crippen molar-refractivity contribution in [1.82, 2.24) is 15.2 Å². The smallest absolute Gasteiger partial charge is 0.249 e. The van der Waals surface area contributed by atoms with E-state index >= 15 is 0 Å². The highest BCUT2D eigenvalue weighted by Crippen LogP contribution is 2.19. The molecule has 0 aliphatic carbocycles. The monoisotopic (exact) mass is 273 g/mol. The van der Waals surface area contributed by atoms with Crippen LogP contribution in [-0.2, 0) is 4.74 Å². The van der Waals surface area contributed by atoms with Crippen LogP contribution in [0.3, 0.4) is 0 Å². The number of benzene rings is 1. The standard InChI is InChI=1S/C14H19N5O/c1-10-4-5-12(11(2)8-10)17-14-18-13(9-16-19-14)15-6-7-20-3/h4-5,8-9H,6-7H2,1-3H3,(H2,15,17,18,19). The quantitative estimate of drug-likeness (QED) is 0.787. The molecule has 0 bridgehead atoms. The molecule has 0 amide bonds. The highest BCUT2D eigenvalue weighted by molar-refractivity contribution is 5.59. The predicted octanol–water partition coefficient (Wildman–Crippen LogP) is 2.29. The summed E-state index contributed by atoms with van der Waals surface area (Å²) >= 11 is 0. The second-order valence-corrected chi connectivity index (χ2v) is 4.53. The number of anilines is 3. The summed E-state index contributed by atoms with van der Waals surface area (Å²) in [6, 6.07) is 6.17. The molecule has 0 unspecified atom stereocenters. The molecule has 0 radical (unpaired) electrons. The molecule has 0 aliphatic rings. The average molecular weight is 273 g/mol. The maximum Gasteiger partial charge on any atom is 0.249 e. The molecule has 0 aliphatic heterocycles. The first-order chi connectivity index (χ1) is 9.69. The molecule has 2 N–H and O–H groups in total. The van der Waals surface area contributed by atoms with E-state index in [4.69, 9.17) is 4.74 Å². The number of methoxy groups -OCH3 is 1. The Balaban J connectivity index is 2.07. The summed E-state index contributed by atoms with van der Waals surface area (Å²) in [5.74, 6) is 1.14. The van der Waals surface area contributed by atoms with Crippen molar-refractivity contribution in [2.24, 2.45) is 0 Å². The summed E-state index contributed by atoms with van der Waals surface area (Å²) in [6.07, 6.45) is 1.59. The molecule has 0 spiro atoms. The average Bonchev–Trinajstić information content (AvgIpc) is 2.43. The van der Waals surface area contributed by atoms with E-state index in [0.717, 1.165) is 11.3 Å². The first kappa shape index (κ1) is 14.2. The molecular weight excluding hydrogens is 254 g/mol. The largest absolute Gasteiger partial charge is 0.383 e. The van der Waals surface area contributed by atoms with Gasteiger partial charge in [-0.05, 0) is 25.5 Å². The van der Waals surface area contributed by atoms with Crippen molar-refractivity contribution in [3.05, 3.63) is 35.5 Å². The third kappa shape index (κ3) is 3.89. The fourth-order valence-corrected chi connectivity index (χ4v) is 1.80. The van der Waals surface area contributed by atoms with Gasteiger partial charge in [-0.3, -0.25) is 0 Å².